The van der Waals surface area contributed by atoms with E-state index in [2.05, 4.69) is 19.2 Å². The molecule has 0 bridgehead atoms. The Morgan fingerprint density at radius 2 is 1.90 bits per heavy atom. The second-order valence-electron chi connectivity index (χ2n) is 6.34. The molecule has 0 spiro atoms. The van der Waals surface area contributed by atoms with Gasteiger partial charge < -0.3 is 5.32 Å². The van der Waals surface area contributed by atoms with Gasteiger partial charge in [-0.2, -0.15) is 0 Å². The molecule has 1 fully saturated rings. The van der Waals surface area contributed by atoms with Crippen LogP contribution in [0.4, 0.5) is 8.78 Å². The van der Waals surface area contributed by atoms with E-state index in [1.165, 1.54) is 12.1 Å². The Morgan fingerprint density at radius 3 is 2.50 bits per heavy atom. The van der Waals surface area contributed by atoms with Crippen molar-refractivity contribution < 1.29 is 8.78 Å². The summed E-state index contributed by atoms with van der Waals surface area (Å²) in [4.78, 5) is 0. The Kier molecular flexibility index (Phi) is 4.79. The predicted octanol–water partition coefficient (Wildman–Crippen LogP) is 4.89. The van der Waals surface area contributed by atoms with Crippen molar-refractivity contribution in [3.63, 3.8) is 0 Å². The van der Waals surface area contributed by atoms with Gasteiger partial charge in [-0.15, -0.1) is 0 Å². The Hall–Kier alpha value is -0.960. The lowest BCUT2D eigenvalue weighted by Crippen LogP contribution is -2.36. The first-order valence-corrected chi connectivity index (χ1v) is 7.67. The second-order valence-corrected chi connectivity index (χ2v) is 6.34. The molecule has 1 aromatic carbocycles. The van der Waals surface area contributed by atoms with Gasteiger partial charge in [0.2, 0.25) is 0 Å². The van der Waals surface area contributed by atoms with E-state index in [1.807, 2.05) is 0 Å². The molecule has 1 N–H and O–H groups in total. The first kappa shape index (κ1) is 15.4. The third-order valence-corrected chi connectivity index (χ3v) is 4.65. The van der Waals surface area contributed by atoms with Crippen molar-refractivity contribution in [1.29, 1.82) is 0 Å². The first-order valence-electron chi connectivity index (χ1n) is 7.67. The molecule has 3 heteroatoms. The van der Waals surface area contributed by atoms with E-state index in [0.29, 0.717) is 5.56 Å². The lowest BCUT2D eigenvalue weighted by molar-refractivity contribution is 0.213. The highest BCUT2D eigenvalue weighted by Gasteiger charge is 2.40. The van der Waals surface area contributed by atoms with Gasteiger partial charge in [0, 0.05) is 11.6 Å². The fourth-order valence-electron chi connectivity index (χ4n) is 3.40. The van der Waals surface area contributed by atoms with Crippen LogP contribution in [0.15, 0.2) is 12.1 Å². The summed E-state index contributed by atoms with van der Waals surface area (Å²) >= 11 is 0. The van der Waals surface area contributed by atoms with Gasteiger partial charge in [-0.3, -0.25) is 0 Å². The van der Waals surface area contributed by atoms with Gasteiger partial charge in [-0.05, 0) is 49.8 Å². The van der Waals surface area contributed by atoms with Crippen molar-refractivity contribution in [3.05, 3.63) is 34.9 Å². The van der Waals surface area contributed by atoms with E-state index in [9.17, 15) is 8.78 Å². The molecule has 1 aliphatic rings. The van der Waals surface area contributed by atoms with Crippen LogP contribution in [0.25, 0.3) is 0 Å². The summed E-state index contributed by atoms with van der Waals surface area (Å²) in [6, 6.07) is 2.68. The van der Waals surface area contributed by atoms with Crippen molar-refractivity contribution in [3.8, 4) is 0 Å². The zero-order valence-corrected chi connectivity index (χ0v) is 12.7. The molecule has 0 radical (unpaired) electrons. The average Bonchev–Trinajstić information content (AvgIpc) is 2.86. The van der Waals surface area contributed by atoms with Crippen molar-refractivity contribution in [2.45, 2.75) is 58.9 Å². The maximum absolute atomic E-state index is 14.5. The number of halogens is 2. The van der Waals surface area contributed by atoms with Gasteiger partial charge in [0.15, 0.2) is 0 Å². The number of aryl methyl sites for hydroxylation is 1. The number of hydrogen-bond donors (Lipinski definition) is 1. The summed E-state index contributed by atoms with van der Waals surface area (Å²) in [5.74, 6) is -0.804. The number of rotatable bonds is 5. The fraction of sp³-hybridized carbons (Fsp3) is 0.647. The number of nitrogens with one attached hydrogen (secondary N) is 1. The van der Waals surface area contributed by atoms with Crippen molar-refractivity contribution in [1.82, 2.24) is 5.32 Å². The summed E-state index contributed by atoms with van der Waals surface area (Å²) in [5, 5.41) is 3.40. The maximum Gasteiger partial charge on any atom is 0.133 e. The molecule has 1 unspecified atom stereocenters. The molecule has 20 heavy (non-hydrogen) atoms. The highest BCUT2D eigenvalue weighted by Crippen LogP contribution is 2.48. The van der Waals surface area contributed by atoms with Crippen LogP contribution in [0, 0.1) is 24.0 Å². The van der Waals surface area contributed by atoms with Crippen LogP contribution < -0.4 is 5.32 Å². The summed E-state index contributed by atoms with van der Waals surface area (Å²) in [5.41, 5.74) is 0.708. The van der Waals surface area contributed by atoms with E-state index in [4.69, 9.17) is 0 Å². The number of benzene rings is 1. The van der Waals surface area contributed by atoms with Gasteiger partial charge in [-0.1, -0.05) is 32.8 Å². The van der Waals surface area contributed by atoms with Crippen LogP contribution >= 0.6 is 0 Å². The van der Waals surface area contributed by atoms with Crippen LogP contribution in [0.3, 0.4) is 0 Å². The lowest BCUT2D eigenvalue weighted by atomic mass is 9.76. The Balaban J connectivity index is 2.43. The normalized spacial score (nSPS) is 19.2. The van der Waals surface area contributed by atoms with Gasteiger partial charge in [-0.25, -0.2) is 8.78 Å². The van der Waals surface area contributed by atoms with Crippen LogP contribution in [-0.2, 0) is 0 Å². The molecule has 1 atom stereocenters. The summed E-state index contributed by atoms with van der Waals surface area (Å²) < 4.78 is 28.7. The molecule has 0 aromatic heterocycles. The average molecular weight is 281 g/mol. The Bertz CT molecular complexity index is 464. The van der Waals surface area contributed by atoms with Gasteiger partial charge in [0.25, 0.3) is 0 Å². The summed E-state index contributed by atoms with van der Waals surface area (Å²) in [6.45, 7) is 6.72. The van der Waals surface area contributed by atoms with E-state index in [0.717, 1.165) is 38.6 Å². The monoisotopic (exact) mass is 281 g/mol. The largest absolute Gasteiger partial charge is 0.309 e. The molecular weight excluding hydrogens is 256 g/mol. The minimum Gasteiger partial charge on any atom is -0.309 e. The summed E-state index contributed by atoms with van der Waals surface area (Å²) in [7, 11) is 0. The highest BCUT2D eigenvalue weighted by atomic mass is 19.1. The minimum absolute atomic E-state index is 0.0509. The third-order valence-electron chi connectivity index (χ3n) is 4.65. The molecule has 1 aliphatic carbocycles. The van der Waals surface area contributed by atoms with Crippen LogP contribution in [-0.4, -0.2) is 6.54 Å². The van der Waals surface area contributed by atoms with Crippen LogP contribution in [0.1, 0.15) is 63.1 Å². The lowest BCUT2D eigenvalue weighted by Gasteiger charge is -2.36. The molecule has 1 saturated carbocycles. The molecule has 0 amide bonds. The zero-order chi connectivity index (χ0) is 14.8. The van der Waals surface area contributed by atoms with Gasteiger partial charge in [0.1, 0.15) is 11.6 Å². The molecule has 1 nitrogen and oxygen atoms in total. The van der Waals surface area contributed by atoms with Crippen LogP contribution in [0.2, 0.25) is 0 Å². The smallest absolute Gasteiger partial charge is 0.133 e. The van der Waals surface area contributed by atoms with Crippen molar-refractivity contribution >= 4 is 0 Å². The van der Waals surface area contributed by atoms with Crippen molar-refractivity contribution in [2.75, 3.05) is 6.54 Å². The van der Waals surface area contributed by atoms with Crippen LogP contribution in [0.5, 0.6) is 0 Å². The highest BCUT2D eigenvalue weighted by molar-refractivity contribution is 5.31. The topological polar surface area (TPSA) is 12.0 Å². The zero-order valence-electron chi connectivity index (χ0n) is 12.7. The Labute approximate surface area is 120 Å². The molecule has 0 saturated heterocycles. The molecule has 1 aromatic rings. The molecular formula is C17H25F2N. The minimum atomic E-state index is -0.421. The molecule has 0 heterocycles. The molecule has 2 rings (SSSR count). The third kappa shape index (κ3) is 2.88. The van der Waals surface area contributed by atoms with Gasteiger partial charge >= 0.3 is 0 Å². The first-order chi connectivity index (χ1) is 9.49. The second kappa shape index (κ2) is 6.21. The Morgan fingerprint density at radius 1 is 1.25 bits per heavy atom. The standard InChI is InChI=1S/C17H25F2N/c1-4-11-20-16(17(3)9-5-6-10-17)14-13(18)8-7-12(2)15(14)19/h7-8,16,20H,4-6,9-11H2,1-3H3. The van der Waals surface area contributed by atoms with E-state index in [1.54, 1.807) is 6.92 Å². The van der Waals surface area contributed by atoms with E-state index in [-0.39, 0.29) is 22.8 Å². The quantitative estimate of drug-likeness (QED) is 0.810. The fourth-order valence-corrected chi connectivity index (χ4v) is 3.40. The molecule has 0 aliphatic heterocycles. The SMILES string of the molecule is CCCNC(c1c(F)ccc(C)c1F)C1(C)CCCC1. The maximum atomic E-state index is 14.5. The molecule has 112 valence electrons. The number of hydrogen-bond acceptors (Lipinski definition) is 1. The van der Waals surface area contributed by atoms with Crippen molar-refractivity contribution in [2.24, 2.45) is 5.41 Å². The predicted molar refractivity (Wildman–Crippen MR) is 78.7 cm³/mol. The van der Waals surface area contributed by atoms with E-state index >= 15 is 0 Å². The van der Waals surface area contributed by atoms with E-state index < -0.39 is 5.82 Å². The van der Waals surface area contributed by atoms with Gasteiger partial charge in [0.05, 0.1) is 0 Å². The summed E-state index contributed by atoms with van der Waals surface area (Å²) in [6.07, 6.45) is 5.32.